The van der Waals surface area contributed by atoms with Gasteiger partial charge in [-0.3, -0.25) is 0 Å². The van der Waals surface area contributed by atoms with E-state index >= 15 is 0 Å². The quantitative estimate of drug-likeness (QED) is 0.797. The molecule has 0 radical (unpaired) electrons. The van der Waals surface area contributed by atoms with Crippen molar-refractivity contribution in [1.29, 1.82) is 0 Å². The molecule has 0 N–H and O–H groups in total. The lowest BCUT2D eigenvalue weighted by Crippen LogP contribution is -2.36. The Morgan fingerprint density at radius 1 is 1.47 bits per heavy atom. The lowest BCUT2D eigenvalue weighted by molar-refractivity contribution is 0.453. The van der Waals surface area contributed by atoms with Crippen LogP contribution in [-0.2, 0) is 0 Å². The number of fused-ring (bicyclic) bond motifs is 1. The first-order chi connectivity index (χ1) is 8.38. The van der Waals surface area contributed by atoms with Gasteiger partial charge in [-0.25, -0.2) is 9.97 Å². The third-order valence-electron chi connectivity index (χ3n) is 3.28. The average molecular weight is 312 g/mol. The minimum absolute atomic E-state index is 0.743. The molecule has 0 aliphatic carbocycles. The summed E-state index contributed by atoms with van der Waals surface area (Å²) < 4.78 is 0. The summed E-state index contributed by atoms with van der Waals surface area (Å²) in [5.41, 5.74) is 0. The van der Waals surface area contributed by atoms with E-state index in [1.54, 1.807) is 17.7 Å². The fourth-order valence-electron chi connectivity index (χ4n) is 2.41. The molecule has 1 saturated heterocycles. The van der Waals surface area contributed by atoms with E-state index in [-0.39, 0.29) is 0 Å². The minimum Gasteiger partial charge on any atom is -0.356 e. The van der Waals surface area contributed by atoms with E-state index in [2.05, 4.69) is 42.2 Å². The predicted molar refractivity (Wildman–Crippen MR) is 76.1 cm³/mol. The Kier molecular flexibility index (Phi) is 3.29. The van der Waals surface area contributed by atoms with Crippen LogP contribution in [0.1, 0.15) is 12.8 Å². The summed E-state index contributed by atoms with van der Waals surface area (Å²) in [5, 5.41) is 4.38. The second-order valence-corrected chi connectivity index (χ2v) is 5.99. The van der Waals surface area contributed by atoms with Crippen LogP contribution in [-0.4, -0.2) is 28.4 Å². The molecular formula is C12H14BrN3S. The first-order valence-corrected chi connectivity index (χ1v) is 7.87. The van der Waals surface area contributed by atoms with Gasteiger partial charge in [0, 0.05) is 18.4 Å². The molecule has 17 heavy (non-hydrogen) atoms. The summed E-state index contributed by atoms with van der Waals surface area (Å²) in [6, 6.07) is 2.13. The van der Waals surface area contributed by atoms with E-state index in [9.17, 15) is 0 Å². The third-order valence-corrected chi connectivity index (χ3v) is 5.01. The number of piperidine rings is 1. The molecule has 0 spiro atoms. The highest BCUT2D eigenvalue weighted by Gasteiger charge is 2.21. The van der Waals surface area contributed by atoms with Crippen molar-refractivity contribution < 1.29 is 0 Å². The molecule has 0 amide bonds. The van der Waals surface area contributed by atoms with Gasteiger partial charge in [-0.05, 0) is 30.2 Å². The molecule has 0 saturated carbocycles. The molecule has 2 aromatic rings. The Labute approximate surface area is 113 Å². The van der Waals surface area contributed by atoms with E-state index in [0.717, 1.165) is 35.0 Å². The molecule has 1 atom stereocenters. The molecule has 90 valence electrons. The fraction of sp³-hybridized carbons (Fsp3) is 0.500. The molecule has 3 heterocycles. The van der Waals surface area contributed by atoms with Gasteiger partial charge in [-0.1, -0.05) is 15.9 Å². The number of thiophene rings is 1. The fourth-order valence-corrected chi connectivity index (χ4v) is 3.67. The van der Waals surface area contributed by atoms with Gasteiger partial charge in [0.15, 0.2) is 0 Å². The van der Waals surface area contributed by atoms with Crippen LogP contribution in [0, 0.1) is 5.92 Å². The molecule has 1 aliphatic rings. The number of halogens is 1. The Morgan fingerprint density at radius 3 is 3.29 bits per heavy atom. The monoisotopic (exact) mass is 311 g/mol. The highest BCUT2D eigenvalue weighted by atomic mass is 79.9. The summed E-state index contributed by atoms with van der Waals surface area (Å²) in [4.78, 5) is 12.3. The first-order valence-electron chi connectivity index (χ1n) is 5.87. The van der Waals surface area contributed by atoms with E-state index in [4.69, 9.17) is 0 Å². The van der Waals surface area contributed by atoms with Crippen molar-refractivity contribution in [3.05, 3.63) is 17.8 Å². The molecule has 3 nitrogen and oxygen atoms in total. The molecule has 2 aromatic heterocycles. The first kappa shape index (κ1) is 11.4. The lowest BCUT2D eigenvalue weighted by atomic mass is 10.0. The number of aromatic nitrogens is 2. The van der Waals surface area contributed by atoms with Crippen LogP contribution in [0.4, 0.5) is 5.82 Å². The van der Waals surface area contributed by atoms with Crippen molar-refractivity contribution in [3.8, 4) is 0 Å². The van der Waals surface area contributed by atoms with Gasteiger partial charge in [-0.2, -0.15) is 0 Å². The number of rotatable bonds is 2. The Bertz CT molecular complexity index is 513. The van der Waals surface area contributed by atoms with Crippen molar-refractivity contribution in [3.63, 3.8) is 0 Å². The molecule has 1 aliphatic heterocycles. The van der Waals surface area contributed by atoms with Gasteiger partial charge in [0.1, 0.15) is 17.0 Å². The molecule has 1 fully saturated rings. The SMILES string of the molecule is BrCC1CCCN(c2ncnc3sccc23)C1. The maximum Gasteiger partial charge on any atom is 0.140 e. The van der Waals surface area contributed by atoms with Crippen LogP contribution >= 0.6 is 27.3 Å². The van der Waals surface area contributed by atoms with Gasteiger partial charge in [0.25, 0.3) is 0 Å². The van der Waals surface area contributed by atoms with Crippen molar-refractivity contribution in [1.82, 2.24) is 9.97 Å². The van der Waals surface area contributed by atoms with E-state index in [1.165, 1.54) is 18.2 Å². The van der Waals surface area contributed by atoms with Gasteiger partial charge in [-0.15, -0.1) is 11.3 Å². The Morgan fingerprint density at radius 2 is 2.41 bits per heavy atom. The van der Waals surface area contributed by atoms with Crippen LogP contribution in [0.25, 0.3) is 10.2 Å². The number of alkyl halides is 1. The average Bonchev–Trinajstić information content (AvgIpc) is 2.87. The molecule has 0 aromatic carbocycles. The van der Waals surface area contributed by atoms with Crippen molar-refractivity contribution in [2.45, 2.75) is 12.8 Å². The zero-order valence-corrected chi connectivity index (χ0v) is 11.9. The van der Waals surface area contributed by atoms with E-state index in [1.807, 2.05) is 0 Å². The van der Waals surface area contributed by atoms with Crippen LogP contribution in [0.15, 0.2) is 17.8 Å². The van der Waals surface area contributed by atoms with Crippen LogP contribution in [0.2, 0.25) is 0 Å². The summed E-state index contributed by atoms with van der Waals surface area (Å²) in [6.45, 7) is 2.22. The molecule has 1 unspecified atom stereocenters. The zero-order valence-electron chi connectivity index (χ0n) is 9.47. The van der Waals surface area contributed by atoms with Gasteiger partial charge >= 0.3 is 0 Å². The van der Waals surface area contributed by atoms with Crippen LogP contribution in [0.3, 0.4) is 0 Å². The molecular weight excluding hydrogens is 298 g/mol. The Hall–Kier alpha value is -0.680. The largest absolute Gasteiger partial charge is 0.356 e. The molecule has 5 heteroatoms. The van der Waals surface area contributed by atoms with E-state index < -0.39 is 0 Å². The number of hydrogen-bond donors (Lipinski definition) is 0. The van der Waals surface area contributed by atoms with Gasteiger partial charge in [0.2, 0.25) is 0 Å². The number of nitrogens with zero attached hydrogens (tertiary/aromatic N) is 3. The van der Waals surface area contributed by atoms with Gasteiger partial charge in [0.05, 0.1) is 5.39 Å². The van der Waals surface area contributed by atoms with Crippen LogP contribution in [0.5, 0.6) is 0 Å². The summed E-state index contributed by atoms with van der Waals surface area (Å²) in [5.74, 6) is 1.86. The molecule has 3 rings (SSSR count). The van der Waals surface area contributed by atoms with Gasteiger partial charge < -0.3 is 4.90 Å². The topological polar surface area (TPSA) is 29.0 Å². The maximum absolute atomic E-state index is 4.48. The summed E-state index contributed by atoms with van der Waals surface area (Å²) in [7, 11) is 0. The Balaban J connectivity index is 1.94. The highest BCUT2D eigenvalue weighted by Crippen LogP contribution is 2.30. The van der Waals surface area contributed by atoms with E-state index in [0.29, 0.717) is 0 Å². The molecule has 0 bridgehead atoms. The van der Waals surface area contributed by atoms with Crippen molar-refractivity contribution in [2.24, 2.45) is 5.92 Å². The van der Waals surface area contributed by atoms with Crippen molar-refractivity contribution >= 4 is 43.3 Å². The van der Waals surface area contributed by atoms with Crippen LogP contribution < -0.4 is 4.90 Å². The van der Waals surface area contributed by atoms with Crippen molar-refractivity contribution in [2.75, 3.05) is 23.3 Å². The highest BCUT2D eigenvalue weighted by molar-refractivity contribution is 9.09. The normalized spacial score (nSPS) is 21.0. The second-order valence-electron chi connectivity index (χ2n) is 4.45. The summed E-state index contributed by atoms with van der Waals surface area (Å²) in [6.07, 6.45) is 4.26. The lowest BCUT2D eigenvalue weighted by Gasteiger charge is -2.33. The number of hydrogen-bond acceptors (Lipinski definition) is 4. The third kappa shape index (κ3) is 2.18. The minimum atomic E-state index is 0.743. The number of anilines is 1. The zero-order chi connectivity index (χ0) is 11.7. The second kappa shape index (κ2) is 4.90. The standard InChI is InChI=1S/C12H14BrN3S/c13-6-9-2-1-4-16(7-9)11-10-3-5-17-12(10)15-8-14-11/h3,5,8-9H,1-2,4,6-7H2. The summed E-state index contributed by atoms with van der Waals surface area (Å²) >= 11 is 5.28. The smallest absolute Gasteiger partial charge is 0.140 e. The predicted octanol–water partition coefficient (Wildman–Crippen LogP) is 3.30. The maximum atomic E-state index is 4.48.